The van der Waals surface area contributed by atoms with Crippen molar-refractivity contribution >= 4 is 46.1 Å². The van der Waals surface area contributed by atoms with Gasteiger partial charge in [0.05, 0.1) is 34.7 Å². The van der Waals surface area contributed by atoms with Crippen LogP contribution in [0.25, 0.3) is 10.9 Å². The van der Waals surface area contributed by atoms with Crippen molar-refractivity contribution in [1.29, 1.82) is 0 Å². The molecule has 5 heterocycles. The summed E-state index contributed by atoms with van der Waals surface area (Å²) in [6.07, 6.45) is 2.72. The lowest BCUT2D eigenvalue weighted by Crippen LogP contribution is -2.49. The summed E-state index contributed by atoms with van der Waals surface area (Å²) >= 11 is 5.94. The van der Waals surface area contributed by atoms with E-state index in [1.807, 2.05) is 39.0 Å². The van der Waals surface area contributed by atoms with Crippen LogP contribution in [0, 0.1) is 13.8 Å². The lowest BCUT2D eigenvalue weighted by Gasteiger charge is -2.35. The Hall–Kier alpha value is -4.25. The fourth-order valence-corrected chi connectivity index (χ4v) is 6.03. The standard InChI is InChI=1S/C28H29ClN8O3/c1-14-9-19(16(3)32-21-5-6-22(29)33-24(21)26(39)40)23-20(10-14)25(38)35(4)28(34-23)37-13-17-11-18(37)12-36(17)27-30-8-7-15(2)31-27/h5-10,16-18,32H,11-13H2,1-4H3,(H,39,40)/t16-,17-,18-/m1/s1. The van der Waals surface area contributed by atoms with Crippen molar-refractivity contribution in [3.8, 4) is 0 Å². The lowest BCUT2D eigenvalue weighted by molar-refractivity contribution is 0.0691. The first kappa shape index (κ1) is 26.0. The maximum Gasteiger partial charge on any atom is 0.356 e. The Labute approximate surface area is 235 Å². The van der Waals surface area contributed by atoms with Gasteiger partial charge in [0, 0.05) is 37.6 Å². The van der Waals surface area contributed by atoms with Gasteiger partial charge in [0.2, 0.25) is 11.9 Å². The summed E-state index contributed by atoms with van der Waals surface area (Å²) in [5.74, 6) is 0.170. The van der Waals surface area contributed by atoms with Gasteiger partial charge in [0.25, 0.3) is 5.56 Å². The molecule has 2 aliphatic heterocycles. The lowest BCUT2D eigenvalue weighted by atomic mass is 10.0. The van der Waals surface area contributed by atoms with Crippen molar-refractivity contribution in [2.45, 2.75) is 45.3 Å². The maximum absolute atomic E-state index is 13.6. The van der Waals surface area contributed by atoms with Crippen LogP contribution in [-0.2, 0) is 7.05 Å². The van der Waals surface area contributed by atoms with Crippen molar-refractivity contribution < 1.29 is 9.90 Å². The number of piperazine rings is 1. The normalized spacial score (nSPS) is 18.9. The minimum Gasteiger partial charge on any atom is -0.476 e. The van der Waals surface area contributed by atoms with Crippen LogP contribution in [0.3, 0.4) is 0 Å². The zero-order chi connectivity index (χ0) is 28.3. The topological polar surface area (TPSA) is 129 Å². The first-order chi connectivity index (χ1) is 19.1. The molecule has 2 saturated heterocycles. The molecule has 11 nitrogen and oxygen atoms in total. The Balaban J connectivity index is 1.37. The van der Waals surface area contributed by atoms with E-state index in [1.54, 1.807) is 23.9 Å². The fraction of sp³-hybridized carbons (Fsp3) is 0.357. The summed E-state index contributed by atoms with van der Waals surface area (Å²) in [5, 5.41) is 13.5. The van der Waals surface area contributed by atoms with Crippen molar-refractivity contribution in [2.24, 2.45) is 7.05 Å². The summed E-state index contributed by atoms with van der Waals surface area (Å²) in [4.78, 5) is 48.0. The molecule has 2 aliphatic rings. The van der Waals surface area contributed by atoms with E-state index in [1.165, 1.54) is 6.07 Å². The number of carboxylic acids is 1. The second-order valence-electron chi connectivity index (χ2n) is 10.6. The number of halogens is 1. The summed E-state index contributed by atoms with van der Waals surface area (Å²) in [6.45, 7) is 7.26. The number of aryl methyl sites for hydroxylation is 2. The zero-order valence-electron chi connectivity index (χ0n) is 22.6. The second-order valence-corrected chi connectivity index (χ2v) is 11.0. The fourth-order valence-electron chi connectivity index (χ4n) is 5.88. The Bertz CT molecular complexity index is 1720. The quantitative estimate of drug-likeness (QED) is 0.336. The monoisotopic (exact) mass is 560 g/mol. The summed E-state index contributed by atoms with van der Waals surface area (Å²) in [5.41, 5.74) is 3.25. The molecule has 0 spiro atoms. The average molecular weight is 561 g/mol. The van der Waals surface area contributed by atoms with Gasteiger partial charge in [0.15, 0.2) is 5.69 Å². The molecular weight excluding hydrogens is 532 g/mol. The summed E-state index contributed by atoms with van der Waals surface area (Å²) < 4.78 is 1.63. The van der Waals surface area contributed by atoms with Crippen LogP contribution in [0.4, 0.5) is 17.6 Å². The molecule has 206 valence electrons. The van der Waals surface area contributed by atoms with Crippen LogP contribution in [0.5, 0.6) is 0 Å². The highest BCUT2D eigenvalue weighted by Crippen LogP contribution is 2.36. The molecule has 1 aromatic carbocycles. The van der Waals surface area contributed by atoms with E-state index in [0.29, 0.717) is 29.1 Å². The number of nitrogens with one attached hydrogen (secondary N) is 1. The van der Waals surface area contributed by atoms with Crippen LogP contribution < -0.4 is 20.7 Å². The predicted octanol–water partition coefficient (Wildman–Crippen LogP) is 3.73. The minimum atomic E-state index is -1.19. The highest BCUT2D eigenvalue weighted by molar-refractivity contribution is 6.29. The van der Waals surface area contributed by atoms with Crippen LogP contribution >= 0.6 is 11.6 Å². The van der Waals surface area contributed by atoms with Crippen molar-refractivity contribution in [3.05, 3.63) is 74.6 Å². The highest BCUT2D eigenvalue weighted by atomic mass is 35.5. The number of carboxylic acid groups (broad SMARTS) is 1. The van der Waals surface area contributed by atoms with E-state index >= 15 is 0 Å². The Kier molecular flexibility index (Phi) is 6.33. The molecule has 0 radical (unpaired) electrons. The second kappa shape index (κ2) is 9.74. The largest absolute Gasteiger partial charge is 0.476 e. The molecule has 2 fully saturated rings. The smallest absolute Gasteiger partial charge is 0.356 e. The average Bonchev–Trinajstić information content (AvgIpc) is 3.53. The zero-order valence-corrected chi connectivity index (χ0v) is 23.3. The molecule has 6 rings (SSSR count). The number of hydrogen-bond acceptors (Lipinski definition) is 9. The predicted molar refractivity (Wildman–Crippen MR) is 154 cm³/mol. The van der Waals surface area contributed by atoms with Crippen molar-refractivity contribution in [3.63, 3.8) is 0 Å². The number of nitrogens with zero attached hydrogens (tertiary/aromatic N) is 7. The van der Waals surface area contributed by atoms with Gasteiger partial charge in [-0.1, -0.05) is 17.7 Å². The van der Waals surface area contributed by atoms with Crippen molar-refractivity contribution in [1.82, 2.24) is 24.5 Å². The number of benzene rings is 1. The van der Waals surface area contributed by atoms with Gasteiger partial charge in [-0.05, 0) is 57.0 Å². The third kappa shape index (κ3) is 4.40. The van der Waals surface area contributed by atoms with Gasteiger partial charge >= 0.3 is 5.97 Å². The number of hydrogen-bond donors (Lipinski definition) is 2. The molecule has 40 heavy (non-hydrogen) atoms. The molecular formula is C28H29ClN8O3. The molecule has 0 saturated carbocycles. The number of fused-ring (bicyclic) bond motifs is 3. The maximum atomic E-state index is 13.6. The molecule has 0 unspecified atom stereocenters. The minimum absolute atomic E-state index is 0.0962. The number of carbonyl (C=O) groups is 1. The molecule has 2 N–H and O–H groups in total. The van der Waals surface area contributed by atoms with E-state index < -0.39 is 5.97 Å². The summed E-state index contributed by atoms with van der Waals surface area (Å²) in [7, 11) is 1.76. The van der Waals surface area contributed by atoms with Crippen LogP contribution in [0.15, 0.2) is 41.3 Å². The van der Waals surface area contributed by atoms with E-state index in [0.717, 1.165) is 35.7 Å². The molecule has 0 amide bonds. The third-order valence-corrected chi connectivity index (χ3v) is 7.98. The summed E-state index contributed by atoms with van der Waals surface area (Å²) in [6, 6.07) is 8.88. The number of aromatic nitrogens is 5. The Morgan fingerprint density at radius 1 is 1.10 bits per heavy atom. The SMILES string of the molecule is Cc1cc([C@@H](C)Nc2ccc(Cl)nc2C(=O)O)c2nc(N3C[C@H]4C[C@@H]3CN4c3nccc(C)n3)n(C)c(=O)c2c1. The van der Waals surface area contributed by atoms with E-state index in [2.05, 4.69) is 30.1 Å². The third-order valence-electron chi connectivity index (χ3n) is 7.77. The van der Waals surface area contributed by atoms with Gasteiger partial charge in [-0.3, -0.25) is 9.36 Å². The van der Waals surface area contributed by atoms with Gasteiger partial charge in [-0.15, -0.1) is 0 Å². The van der Waals surface area contributed by atoms with Crippen LogP contribution in [0.2, 0.25) is 5.15 Å². The molecule has 3 aromatic heterocycles. The van der Waals surface area contributed by atoms with Gasteiger partial charge in [-0.2, -0.15) is 0 Å². The molecule has 4 aromatic rings. The number of anilines is 3. The van der Waals surface area contributed by atoms with Gasteiger partial charge in [-0.25, -0.2) is 24.7 Å². The van der Waals surface area contributed by atoms with E-state index in [4.69, 9.17) is 16.6 Å². The molecule has 0 aliphatic carbocycles. The molecule has 12 heteroatoms. The molecule has 2 bridgehead atoms. The first-order valence-electron chi connectivity index (χ1n) is 13.1. The first-order valence-corrected chi connectivity index (χ1v) is 13.5. The van der Waals surface area contributed by atoms with Crippen LogP contribution in [-0.4, -0.2) is 60.8 Å². The highest BCUT2D eigenvalue weighted by Gasteiger charge is 2.45. The van der Waals surface area contributed by atoms with E-state index in [-0.39, 0.29) is 34.5 Å². The number of pyridine rings is 1. The molecule has 3 atom stereocenters. The van der Waals surface area contributed by atoms with Crippen LogP contribution in [0.1, 0.15) is 46.7 Å². The van der Waals surface area contributed by atoms with Crippen molar-refractivity contribution in [2.75, 3.05) is 28.2 Å². The van der Waals surface area contributed by atoms with E-state index in [9.17, 15) is 14.7 Å². The van der Waals surface area contributed by atoms with Gasteiger partial charge in [0.1, 0.15) is 5.15 Å². The van der Waals surface area contributed by atoms with Gasteiger partial charge < -0.3 is 20.2 Å². The Morgan fingerprint density at radius 3 is 2.55 bits per heavy atom. The number of aromatic carboxylic acids is 1. The Morgan fingerprint density at radius 2 is 1.85 bits per heavy atom. The number of rotatable bonds is 6.